The Morgan fingerprint density at radius 2 is 2.38 bits per heavy atom. The lowest BCUT2D eigenvalue weighted by Gasteiger charge is -2.29. The van der Waals surface area contributed by atoms with E-state index in [4.69, 9.17) is 0 Å². The average Bonchev–Trinajstić information content (AvgIpc) is 2.11. The van der Waals surface area contributed by atoms with Crippen molar-refractivity contribution in [2.24, 2.45) is 0 Å². The number of hydrogen-bond acceptors (Lipinski definition) is 2. The SMILES string of the molecule is CCC(=O)NC1CCN(C)C(=O)C1. The highest BCUT2D eigenvalue weighted by Gasteiger charge is 2.23. The third-order valence-corrected chi connectivity index (χ3v) is 2.35. The van der Waals surface area contributed by atoms with Gasteiger partial charge in [0.05, 0.1) is 0 Å². The highest BCUT2D eigenvalue weighted by molar-refractivity contribution is 5.80. The van der Waals surface area contributed by atoms with Crippen molar-refractivity contribution in [3.05, 3.63) is 0 Å². The first kappa shape index (κ1) is 10.0. The van der Waals surface area contributed by atoms with Gasteiger partial charge in [0.2, 0.25) is 11.8 Å². The molecule has 4 heteroatoms. The number of piperidine rings is 1. The molecule has 0 aromatic rings. The largest absolute Gasteiger partial charge is 0.353 e. The van der Waals surface area contributed by atoms with Crippen molar-refractivity contribution in [3.8, 4) is 0 Å². The minimum absolute atomic E-state index is 0.0300. The van der Waals surface area contributed by atoms with Crippen LogP contribution in [0.3, 0.4) is 0 Å². The van der Waals surface area contributed by atoms with Crippen LogP contribution in [0.2, 0.25) is 0 Å². The highest BCUT2D eigenvalue weighted by Crippen LogP contribution is 2.09. The van der Waals surface area contributed by atoms with Gasteiger partial charge in [0, 0.05) is 32.5 Å². The second-order valence-electron chi connectivity index (χ2n) is 3.43. The monoisotopic (exact) mass is 184 g/mol. The predicted octanol–water partition coefficient (Wildman–Crippen LogP) is 0.133. The lowest BCUT2D eigenvalue weighted by atomic mass is 10.0. The number of nitrogens with one attached hydrogen (secondary N) is 1. The zero-order valence-corrected chi connectivity index (χ0v) is 8.17. The van der Waals surface area contributed by atoms with Crippen LogP contribution in [0.1, 0.15) is 26.2 Å². The number of amides is 2. The molecule has 0 aromatic carbocycles. The maximum atomic E-state index is 11.2. The summed E-state index contributed by atoms with van der Waals surface area (Å²) in [5.74, 6) is 0.148. The normalized spacial score (nSPS) is 23.1. The number of carbonyl (C=O) groups is 2. The van der Waals surface area contributed by atoms with E-state index < -0.39 is 0 Å². The molecule has 0 aliphatic carbocycles. The van der Waals surface area contributed by atoms with Gasteiger partial charge in [-0.25, -0.2) is 0 Å². The molecule has 1 saturated heterocycles. The predicted molar refractivity (Wildman–Crippen MR) is 49.1 cm³/mol. The summed E-state index contributed by atoms with van der Waals surface area (Å²) >= 11 is 0. The standard InChI is InChI=1S/C9H16N2O2/c1-3-8(12)10-7-4-5-11(2)9(13)6-7/h7H,3-6H2,1-2H3,(H,10,12). The highest BCUT2D eigenvalue weighted by atomic mass is 16.2. The Morgan fingerprint density at radius 1 is 1.69 bits per heavy atom. The molecule has 0 spiro atoms. The van der Waals surface area contributed by atoms with Gasteiger partial charge in [0.25, 0.3) is 0 Å². The minimum Gasteiger partial charge on any atom is -0.353 e. The Labute approximate surface area is 78.3 Å². The molecule has 1 unspecified atom stereocenters. The molecular formula is C9H16N2O2. The van der Waals surface area contributed by atoms with E-state index in [0.717, 1.165) is 13.0 Å². The van der Waals surface area contributed by atoms with Crippen molar-refractivity contribution in [2.75, 3.05) is 13.6 Å². The van der Waals surface area contributed by atoms with Crippen molar-refractivity contribution in [1.82, 2.24) is 10.2 Å². The summed E-state index contributed by atoms with van der Waals surface area (Å²) in [6.45, 7) is 2.56. The molecule has 4 nitrogen and oxygen atoms in total. The van der Waals surface area contributed by atoms with Gasteiger partial charge in [-0.3, -0.25) is 9.59 Å². The molecule has 1 fully saturated rings. The van der Waals surface area contributed by atoms with Crippen LogP contribution in [0, 0.1) is 0 Å². The number of likely N-dealkylation sites (tertiary alicyclic amines) is 1. The summed E-state index contributed by atoms with van der Waals surface area (Å²) in [5.41, 5.74) is 0. The van der Waals surface area contributed by atoms with Crippen molar-refractivity contribution in [2.45, 2.75) is 32.2 Å². The number of rotatable bonds is 2. The van der Waals surface area contributed by atoms with Crippen LogP contribution in [0.15, 0.2) is 0 Å². The summed E-state index contributed by atoms with van der Waals surface area (Å²) in [6.07, 6.45) is 1.80. The van der Waals surface area contributed by atoms with Gasteiger partial charge >= 0.3 is 0 Å². The van der Waals surface area contributed by atoms with Gasteiger partial charge in [-0.2, -0.15) is 0 Å². The van der Waals surface area contributed by atoms with Crippen LogP contribution in [0.25, 0.3) is 0 Å². The minimum atomic E-state index is 0.0300. The molecule has 13 heavy (non-hydrogen) atoms. The Balaban J connectivity index is 2.37. The third kappa shape index (κ3) is 2.72. The zero-order chi connectivity index (χ0) is 9.84. The molecule has 0 bridgehead atoms. The van der Waals surface area contributed by atoms with E-state index in [0.29, 0.717) is 12.8 Å². The average molecular weight is 184 g/mol. The second-order valence-corrected chi connectivity index (χ2v) is 3.43. The fraction of sp³-hybridized carbons (Fsp3) is 0.778. The molecule has 74 valence electrons. The Hall–Kier alpha value is -1.06. The molecule has 2 amide bonds. The summed E-state index contributed by atoms with van der Waals surface area (Å²) in [6, 6.07) is 0.0520. The maximum Gasteiger partial charge on any atom is 0.224 e. The fourth-order valence-electron chi connectivity index (χ4n) is 1.40. The van der Waals surface area contributed by atoms with Gasteiger partial charge in [0.1, 0.15) is 0 Å². The molecule has 0 aromatic heterocycles. The molecule has 1 aliphatic rings. The number of nitrogens with zero attached hydrogens (tertiary/aromatic N) is 1. The molecule has 1 rings (SSSR count). The van der Waals surface area contributed by atoms with E-state index in [9.17, 15) is 9.59 Å². The van der Waals surface area contributed by atoms with Gasteiger partial charge in [0.15, 0.2) is 0 Å². The second kappa shape index (κ2) is 4.25. The lowest BCUT2D eigenvalue weighted by molar-refractivity contribution is -0.133. The van der Waals surface area contributed by atoms with Gasteiger partial charge in [-0.1, -0.05) is 6.92 Å². The van der Waals surface area contributed by atoms with Crippen molar-refractivity contribution < 1.29 is 9.59 Å². The van der Waals surface area contributed by atoms with E-state index in [2.05, 4.69) is 5.32 Å². The third-order valence-electron chi connectivity index (χ3n) is 2.35. The van der Waals surface area contributed by atoms with Gasteiger partial charge in [-0.15, -0.1) is 0 Å². The van der Waals surface area contributed by atoms with Gasteiger partial charge < -0.3 is 10.2 Å². The van der Waals surface area contributed by atoms with E-state index in [-0.39, 0.29) is 17.9 Å². The Bertz CT molecular complexity index is 214. The van der Waals surface area contributed by atoms with E-state index in [1.54, 1.807) is 11.9 Å². The van der Waals surface area contributed by atoms with Crippen molar-refractivity contribution in [1.29, 1.82) is 0 Å². The van der Waals surface area contributed by atoms with Gasteiger partial charge in [-0.05, 0) is 6.42 Å². The molecule has 1 heterocycles. The smallest absolute Gasteiger partial charge is 0.224 e. The van der Waals surface area contributed by atoms with E-state index >= 15 is 0 Å². The molecule has 0 saturated carbocycles. The summed E-state index contributed by atoms with van der Waals surface area (Å²) in [4.78, 5) is 24.0. The topological polar surface area (TPSA) is 49.4 Å². The summed E-state index contributed by atoms with van der Waals surface area (Å²) < 4.78 is 0. The first-order valence-electron chi connectivity index (χ1n) is 4.66. The first-order valence-corrected chi connectivity index (χ1v) is 4.66. The van der Waals surface area contributed by atoms with Crippen LogP contribution in [0.5, 0.6) is 0 Å². The summed E-state index contributed by atoms with van der Waals surface area (Å²) in [7, 11) is 1.79. The van der Waals surface area contributed by atoms with E-state index in [1.165, 1.54) is 0 Å². The van der Waals surface area contributed by atoms with Crippen LogP contribution in [-0.4, -0.2) is 36.3 Å². The Kier molecular flexibility index (Phi) is 3.28. The fourth-order valence-corrected chi connectivity index (χ4v) is 1.40. The molecular weight excluding hydrogens is 168 g/mol. The van der Waals surface area contributed by atoms with Crippen LogP contribution < -0.4 is 5.32 Å². The lowest BCUT2D eigenvalue weighted by Crippen LogP contribution is -2.45. The van der Waals surface area contributed by atoms with Crippen LogP contribution in [-0.2, 0) is 9.59 Å². The molecule has 1 aliphatic heterocycles. The van der Waals surface area contributed by atoms with Crippen molar-refractivity contribution >= 4 is 11.8 Å². The molecule has 0 radical (unpaired) electrons. The first-order chi connectivity index (χ1) is 6.13. The number of carbonyl (C=O) groups excluding carboxylic acids is 2. The van der Waals surface area contributed by atoms with Crippen molar-refractivity contribution in [3.63, 3.8) is 0 Å². The zero-order valence-electron chi connectivity index (χ0n) is 8.17. The molecule has 1 atom stereocenters. The van der Waals surface area contributed by atoms with Crippen LogP contribution in [0.4, 0.5) is 0 Å². The van der Waals surface area contributed by atoms with Crippen LogP contribution >= 0.6 is 0 Å². The number of hydrogen-bond donors (Lipinski definition) is 1. The van der Waals surface area contributed by atoms with E-state index in [1.807, 2.05) is 6.92 Å². The Morgan fingerprint density at radius 3 is 2.92 bits per heavy atom. The maximum absolute atomic E-state index is 11.2. The molecule has 1 N–H and O–H groups in total. The quantitative estimate of drug-likeness (QED) is 0.663. The summed E-state index contributed by atoms with van der Waals surface area (Å²) in [5, 5.41) is 2.83.